The SMILES string of the molecule is CCN(CC)S(=O)(=O)c1cc(C(=O)NCc2ccc(C)cc2)ccc1C. The third-order valence-electron chi connectivity index (χ3n) is 4.35. The highest BCUT2D eigenvalue weighted by atomic mass is 32.2. The average Bonchev–Trinajstić information content (AvgIpc) is 2.62. The van der Waals surface area contributed by atoms with Gasteiger partial charge in [-0.25, -0.2) is 8.42 Å². The van der Waals surface area contributed by atoms with E-state index >= 15 is 0 Å². The molecule has 2 aromatic carbocycles. The maximum Gasteiger partial charge on any atom is 0.251 e. The molecule has 0 saturated carbocycles. The van der Waals surface area contributed by atoms with Gasteiger partial charge in [0, 0.05) is 25.2 Å². The summed E-state index contributed by atoms with van der Waals surface area (Å²) < 4.78 is 27.0. The molecule has 0 spiro atoms. The molecule has 1 N–H and O–H groups in total. The molecule has 26 heavy (non-hydrogen) atoms. The number of hydrogen-bond donors (Lipinski definition) is 1. The van der Waals surface area contributed by atoms with Crippen molar-refractivity contribution in [3.8, 4) is 0 Å². The average molecular weight is 375 g/mol. The van der Waals surface area contributed by atoms with E-state index in [0.29, 0.717) is 30.8 Å². The molecule has 0 bridgehead atoms. The first kappa shape index (κ1) is 20.1. The highest BCUT2D eigenvalue weighted by Crippen LogP contribution is 2.21. The van der Waals surface area contributed by atoms with Crippen LogP contribution in [-0.2, 0) is 16.6 Å². The minimum absolute atomic E-state index is 0.184. The lowest BCUT2D eigenvalue weighted by molar-refractivity contribution is 0.0950. The summed E-state index contributed by atoms with van der Waals surface area (Å²) in [6, 6.07) is 12.7. The zero-order chi connectivity index (χ0) is 19.3. The molecule has 2 rings (SSSR count). The van der Waals surface area contributed by atoms with Gasteiger partial charge in [-0.3, -0.25) is 4.79 Å². The summed E-state index contributed by atoms with van der Waals surface area (Å²) >= 11 is 0. The molecule has 0 heterocycles. The normalized spacial score (nSPS) is 11.6. The van der Waals surface area contributed by atoms with Crippen LogP contribution < -0.4 is 5.32 Å². The zero-order valence-electron chi connectivity index (χ0n) is 15.7. The van der Waals surface area contributed by atoms with Crippen molar-refractivity contribution in [1.29, 1.82) is 0 Å². The van der Waals surface area contributed by atoms with Crippen LogP contribution in [-0.4, -0.2) is 31.7 Å². The van der Waals surface area contributed by atoms with Gasteiger partial charge >= 0.3 is 0 Å². The Kier molecular flexibility index (Phi) is 6.56. The minimum atomic E-state index is -3.61. The lowest BCUT2D eigenvalue weighted by Gasteiger charge is -2.20. The van der Waals surface area contributed by atoms with E-state index in [9.17, 15) is 13.2 Å². The van der Waals surface area contributed by atoms with Crippen LogP contribution in [0, 0.1) is 13.8 Å². The zero-order valence-corrected chi connectivity index (χ0v) is 16.6. The topological polar surface area (TPSA) is 66.5 Å². The molecule has 0 radical (unpaired) electrons. The van der Waals surface area contributed by atoms with Gasteiger partial charge in [0.2, 0.25) is 10.0 Å². The Hall–Kier alpha value is -2.18. The first-order chi connectivity index (χ1) is 12.3. The molecular formula is C20H26N2O3S. The summed E-state index contributed by atoms with van der Waals surface area (Å²) in [6.07, 6.45) is 0. The van der Waals surface area contributed by atoms with Crippen molar-refractivity contribution in [3.05, 3.63) is 64.7 Å². The quantitative estimate of drug-likeness (QED) is 0.809. The predicted octanol–water partition coefficient (Wildman–Crippen LogP) is 3.26. The molecule has 0 unspecified atom stereocenters. The summed E-state index contributed by atoms with van der Waals surface area (Å²) in [4.78, 5) is 12.6. The minimum Gasteiger partial charge on any atom is -0.348 e. The van der Waals surface area contributed by atoms with Crippen LogP contribution in [0.4, 0.5) is 0 Å². The van der Waals surface area contributed by atoms with Gasteiger partial charge in [0.15, 0.2) is 0 Å². The van der Waals surface area contributed by atoms with Crippen LogP contribution in [0.1, 0.15) is 40.9 Å². The van der Waals surface area contributed by atoms with Gasteiger partial charge in [-0.05, 0) is 37.1 Å². The smallest absolute Gasteiger partial charge is 0.251 e. The summed E-state index contributed by atoms with van der Waals surface area (Å²) in [5.41, 5.74) is 3.12. The van der Waals surface area contributed by atoms with Crippen molar-refractivity contribution in [2.75, 3.05) is 13.1 Å². The van der Waals surface area contributed by atoms with Crippen molar-refractivity contribution in [3.63, 3.8) is 0 Å². The maximum absolute atomic E-state index is 12.8. The number of aryl methyl sites for hydroxylation is 2. The van der Waals surface area contributed by atoms with Crippen molar-refractivity contribution >= 4 is 15.9 Å². The molecule has 0 atom stereocenters. The van der Waals surface area contributed by atoms with E-state index in [1.54, 1.807) is 32.9 Å². The predicted molar refractivity (Wildman–Crippen MR) is 104 cm³/mol. The van der Waals surface area contributed by atoms with E-state index in [0.717, 1.165) is 11.1 Å². The monoisotopic (exact) mass is 374 g/mol. The molecule has 5 nitrogen and oxygen atoms in total. The fourth-order valence-electron chi connectivity index (χ4n) is 2.71. The van der Waals surface area contributed by atoms with Gasteiger partial charge in [0.05, 0.1) is 4.90 Å². The Morgan fingerprint density at radius 1 is 1.00 bits per heavy atom. The number of amides is 1. The van der Waals surface area contributed by atoms with Gasteiger partial charge in [-0.1, -0.05) is 49.7 Å². The van der Waals surface area contributed by atoms with E-state index in [-0.39, 0.29) is 10.8 Å². The molecule has 0 aliphatic heterocycles. The van der Waals surface area contributed by atoms with Crippen LogP contribution in [0.15, 0.2) is 47.4 Å². The molecule has 0 aliphatic carbocycles. The number of carbonyl (C=O) groups excluding carboxylic acids is 1. The number of benzene rings is 2. The van der Waals surface area contributed by atoms with Crippen LogP contribution in [0.5, 0.6) is 0 Å². The molecule has 0 aromatic heterocycles. The Morgan fingerprint density at radius 2 is 1.62 bits per heavy atom. The highest BCUT2D eigenvalue weighted by Gasteiger charge is 2.24. The lowest BCUT2D eigenvalue weighted by Crippen LogP contribution is -2.31. The van der Waals surface area contributed by atoms with Crippen LogP contribution in [0.3, 0.4) is 0 Å². The van der Waals surface area contributed by atoms with E-state index in [1.165, 1.54) is 10.4 Å². The standard InChI is InChI=1S/C20H26N2O3S/c1-5-22(6-2)26(24,25)19-13-18(12-9-16(19)4)20(23)21-14-17-10-7-15(3)8-11-17/h7-13H,5-6,14H2,1-4H3,(H,21,23). The number of rotatable bonds is 7. The summed E-state index contributed by atoms with van der Waals surface area (Å²) in [5.74, 6) is -0.290. The fourth-order valence-corrected chi connectivity index (χ4v) is 4.42. The van der Waals surface area contributed by atoms with Gasteiger partial charge in [0.1, 0.15) is 0 Å². The number of nitrogens with zero attached hydrogens (tertiary/aromatic N) is 1. The molecule has 0 saturated heterocycles. The van der Waals surface area contributed by atoms with Crippen LogP contribution in [0.2, 0.25) is 0 Å². The number of nitrogens with one attached hydrogen (secondary N) is 1. The van der Waals surface area contributed by atoms with E-state index in [4.69, 9.17) is 0 Å². The van der Waals surface area contributed by atoms with E-state index < -0.39 is 10.0 Å². The second-order valence-corrected chi connectivity index (χ2v) is 8.14. The second-order valence-electron chi connectivity index (χ2n) is 6.24. The van der Waals surface area contributed by atoms with E-state index in [2.05, 4.69) is 5.32 Å². The van der Waals surface area contributed by atoms with Crippen molar-refractivity contribution in [2.45, 2.75) is 39.1 Å². The highest BCUT2D eigenvalue weighted by molar-refractivity contribution is 7.89. The van der Waals surface area contributed by atoms with Gasteiger partial charge < -0.3 is 5.32 Å². The lowest BCUT2D eigenvalue weighted by atomic mass is 10.1. The molecule has 0 aliphatic rings. The molecule has 1 amide bonds. The van der Waals surface area contributed by atoms with Gasteiger partial charge in [-0.15, -0.1) is 0 Å². The molecular weight excluding hydrogens is 348 g/mol. The number of carbonyl (C=O) groups is 1. The number of hydrogen-bond acceptors (Lipinski definition) is 3. The Bertz CT molecular complexity index is 870. The molecule has 0 fully saturated rings. The van der Waals surface area contributed by atoms with Crippen LogP contribution in [0.25, 0.3) is 0 Å². The molecule has 2 aromatic rings. The molecule has 6 heteroatoms. The van der Waals surface area contributed by atoms with Crippen molar-refractivity contribution in [1.82, 2.24) is 9.62 Å². The first-order valence-corrected chi connectivity index (χ1v) is 10.2. The van der Waals surface area contributed by atoms with E-state index in [1.807, 2.05) is 31.2 Å². The Labute approximate surface area is 156 Å². The Balaban J connectivity index is 2.22. The number of sulfonamides is 1. The largest absolute Gasteiger partial charge is 0.348 e. The van der Waals surface area contributed by atoms with Crippen molar-refractivity contribution < 1.29 is 13.2 Å². The third-order valence-corrected chi connectivity index (χ3v) is 6.54. The fraction of sp³-hybridized carbons (Fsp3) is 0.350. The first-order valence-electron chi connectivity index (χ1n) is 8.74. The summed E-state index contributed by atoms with van der Waals surface area (Å²) in [7, 11) is -3.61. The maximum atomic E-state index is 12.8. The van der Waals surface area contributed by atoms with Gasteiger partial charge in [0.25, 0.3) is 5.91 Å². The van der Waals surface area contributed by atoms with Crippen LogP contribution >= 0.6 is 0 Å². The third kappa shape index (κ3) is 4.51. The molecule has 140 valence electrons. The van der Waals surface area contributed by atoms with Crippen molar-refractivity contribution in [2.24, 2.45) is 0 Å². The van der Waals surface area contributed by atoms with Gasteiger partial charge in [-0.2, -0.15) is 4.31 Å². The Morgan fingerprint density at radius 3 is 2.19 bits per heavy atom. The summed E-state index contributed by atoms with van der Waals surface area (Å²) in [6.45, 7) is 8.52. The second kappa shape index (κ2) is 8.47. The summed E-state index contributed by atoms with van der Waals surface area (Å²) in [5, 5.41) is 2.84.